The molecule has 0 spiro atoms. The van der Waals surface area contributed by atoms with Crippen LogP contribution in [0.2, 0.25) is 5.02 Å². The zero-order valence-corrected chi connectivity index (χ0v) is 12.0. The van der Waals surface area contributed by atoms with E-state index in [2.05, 4.69) is 5.16 Å². The van der Waals surface area contributed by atoms with Gasteiger partial charge in [-0.1, -0.05) is 28.9 Å². The van der Waals surface area contributed by atoms with Crippen molar-refractivity contribution in [1.29, 1.82) is 0 Å². The number of anilines is 1. The third kappa shape index (κ3) is 2.50. The number of benzene rings is 2. The Bertz CT molecular complexity index is 814. The van der Waals surface area contributed by atoms with Crippen LogP contribution in [-0.4, -0.2) is 5.16 Å². The molecular formula is C16H12ClFN2O. The average Bonchev–Trinajstić information content (AvgIpc) is 2.84. The fourth-order valence-electron chi connectivity index (χ4n) is 2.21. The summed E-state index contributed by atoms with van der Waals surface area (Å²) < 4.78 is 18.7. The molecule has 0 aliphatic carbocycles. The molecule has 0 fully saturated rings. The lowest BCUT2D eigenvalue weighted by Gasteiger charge is -2.05. The third-order valence-corrected chi connectivity index (χ3v) is 3.49. The predicted octanol–water partition coefficient (Wildman–Crippen LogP) is 4.69. The van der Waals surface area contributed by atoms with Gasteiger partial charge in [0.15, 0.2) is 11.6 Å². The SMILES string of the molecule is Cc1cc(-c2onc(N)c2-c2cccc(Cl)c2)ccc1F. The van der Waals surface area contributed by atoms with Gasteiger partial charge in [-0.15, -0.1) is 0 Å². The maximum atomic E-state index is 13.4. The van der Waals surface area contributed by atoms with Gasteiger partial charge in [0.2, 0.25) is 0 Å². The lowest BCUT2D eigenvalue weighted by atomic mass is 10.0. The van der Waals surface area contributed by atoms with E-state index >= 15 is 0 Å². The van der Waals surface area contributed by atoms with E-state index in [4.69, 9.17) is 21.9 Å². The Morgan fingerprint density at radius 2 is 1.95 bits per heavy atom. The van der Waals surface area contributed by atoms with Crippen molar-refractivity contribution < 1.29 is 8.91 Å². The Labute approximate surface area is 126 Å². The number of aromatic nitrogens is 1. The lowest BCUT2D eigenvalue weighted by Crippen LogP contribution is -1.89. The van der Waals surface area contributed by atoms with Gasteiger partial charge < -0.3 is 10.3 Å². The largest absolute Gasteiger partial charge is 0.380 e. The number of nitrogens with two attached hydrogens (primary N) is 1. The maximum absolute atomic E-state index is 13.4. The molecule has 5 heteroatoms. The van der Waals surface area contributed by atoms with Crippen molar-refractivity contribution in [2.45, 2.75) is 6.92 Å². The quantitative estimate of drug-likeness (QED) is 0.747. The van der Waals surface area contributed by atoms with Gasteiger partial charge in [-0.2, -0.15) is 0 Å². The Kier molecular flexibility index (Phi) is 3.39. The molecule has 106 valence electrons. The highest BCUT2D eigenvalue weighted by molar-refractivity contribution is 6.30. The van der Waals surface area contributed by atoms with Gasteiger partial charge in [-0.05, 0) is 48.4 Å². The van der Waals surface area contributed by atoms with Gasteiger partial charge in [-0.3, -0.25) is 0 Å². The molecule has 0 atom stereocenters. The van der Waals surface area contributed by atoms with Crippen LogP contribution in [-0.2, 0) is 0 Å². The highest BCUT2D eigenvalue weighted by Crippen LogP contribution is 2.37. The normalized spacial score (nSPS) is 10.8. The Hall–Kier alpha value is -2.33. The van der Waals surface area contributed by atoms with Crippen molar-refractivity contribution in [3.05, 3.63) is 58.9 Å². The third-order valence-electron chi connectivity index (χ3n) is 3.25. The lowest BCUT2D eigenvalue weighted by molar-refractivity contribution is 0.436. The van der Waals surface area contributed by atoms with Crippen LogP contribution < -0.4 is 5.73 Å². The summed E-state index contributed by atoms with van der Waals surface area (Å²) in [6.45, 7) is 1.69. The second-order valence-electron chi connectivity index (χ2n) is 4.75. The number of hydrogen-bond acceptors (Lipinski definition) is 3. The standard InChI is InChI=1S/C16H12ClFN2O/c1-9-7-11(5-6-13(9)18)15-14(16(19)20-21-15)10-3-2-4-12(17)8-10/h2-8H,1H3,(H2,19,20). The number of hydrogen-bond donors (Lipinski definition) is 1. The minimum absolute atomic E-state index is 0.268. The number of halogens is 2. The molecule has 2 aromatic carbocycles. The molecule has 0 saturated carbocycles. The summed E-state index contributed by atoms with van der Waals surface area (Å²) in [5, 5.41) is 4.41. The second kappa shape index (κ2) is 5.22. The first-order valence-corrected chi connectivity index (χ1v) is 6.71. The van der Waals surface area contributed by atoms with Crippen molar-refractivity contribution in [1.82, 2.24) is 5.16 Å². The van der Waals surface area contributed by atoms with E-state index in [-0.39, 0.29) is 11.6 Å². The smallest absolute Gasteiger partial charge is 0.176 e. The zero-order chi connectivity index (χ0) is 15.0. The van der Waals surface area contributed by atoms with E-state index in [9.17, 15) is 4.39 Å². The first kappa shape index (κ1) is 13.6. The molecule has 0 bridgehead atoms. The first-order chi connectivity index (χ1) is 10.1. The fourth-order valence-corrected chi connectivity index (χ4v) is 2.40. The predicted molar refractivity (Wildman–Crippen MR) is 81.5 cm³/mol. The monoisotopic (exact) mass is 302 g/mol. The summed E-state index contributed by atoms with van der Waals surface area (Å²) >= 11 is 6.02. The molecule has 1 aromatic heterocycles. The zero-order valence-electron chi connectivity index (χ0n) is 11.2. The molecule has 3 rings (SSSR count). The number of nitrogen functional groups attached to an aromatic ring is 1. The van der Waals surface area contributed by atoms with Crippen LogP contribution in [0.4, 0.5) is 10.2 Å². The van der Waals surface area contributed by atoms with Crippen LogP contribution in [0.15, 0.2) is 47.0 Å². The van der Waals surface area contributed by atoms with Crippen LogP contribution in [0.3, 0.4) is 0 Å². The minimum atomic E-state index is -0.268. The van der Waals surface area contributed by atoms with E-state index < -0.39 is 0 Å². The molecule has 2 N–H and O–H groups in total. The van der Waals surface area contributed by atoms with Gasteiger partial charge in [0.05, 0.1) is 5.56 Å². The van der Waals surface area contributed by atoms with E-state index in [1.165, 1.54) is 6.07 Å². The molecule has 0 saturated heterocycles. The molecular weight excluding hydrogens is 291 g/mol. The molecule has 0 aliphatic heterocycles. The van der Waals surface area contributed by atoms with Gasteiger partial charge in [-0.25, -0.2) is 4.39 Å². The van der Waals surface area contributed by atoms with Gasteiger partial charge >= 0.3 is 0 Å². The average molecular weight is 303 g/mol. The van der Waals surface area contributed by atoms with E-state index in [1.54, 1.807) is 31.2 Å². The number of aryl methyl sites for hydroxylation is 1. The summed E-state index contributed by atoms with van der Waals surface area (Å²) in [7, 11) is 0. The van der Waals surface area contributed by atoms with Crippen LogP contribution in [0, 0.1) is 12.7 Å². The van der Waals surface area contributed by atoms with Crippen molar-refractivity contribution in [3.63, 3.8) is 0 Å². The molecule has 1 heterocycles. The molecule has 3 nitrogen and oxygen atoms in total. The van der Waals surface area contributed by atoms with E-state index in [0.29, 0.717) is 27.5 Å². The molecule has 21 heavy (non-hydrogen) atoms. The Morgan fingerprint density at radius 3 is 2.67 bits per heavy atom. The molecule has 0 unspecified atom stereocenters. The van der Waals surface area contributed by atoms with Crippen molar-refractivity contribution in [2.24, 2.45) is 0 Å². The molecule has 0 radical (unpaired) electrons. The number of rotatable bonds is 2. The van der Waals surface area contributed by atoms with Crippen LogP contribution in [0.1, 0.15) is 5.56 Å². The Morgan fingerprint density at radius 1 is 1.14 bits per heavy atom. The highest BCUT2D eigenvalue weighted by atomic mass is 35.5. The van der Waals surface area contributed by atoms with Gasteiger partial charge in [0, 0.05) is 10.6 Å². The summed E-state index contributed by atoms with van der Waals surface area (Å²) in [5.41, 5.74) is 8.61. The van der Waals surface area contributed by atoms with Crippen molar-refractivity contribution in [2.75, 3.05) is 5.73 Å². The van der Waals surface area contributed by atoms with Crippen LogP contribution >= 0.6 is 11.6 Å². The molecule has 0 aliphatic rings. The summed E-state index contributed by atoms with van der Waals surface area (Å²) in [6, 6.07) is 12.0. The topological polar surface area (TPSA) is 52.0 Å². The van der Waals surface area contributed by atoms with Crippen molar-refractivity contribution in [3.8, 4) is 22.5 Å². The van der Waals surface area contributed by atoms with Gasteiger partial charge in [0.1, 0.15) is 5.82 Å². The molecule has 3 aromatic rings. The number of nitrogens with zero attached hydrogens (tertiary/aromatic N) is 1. The van der Waals surface area contributed by atoms with Crippen LogP contribution in [0.5, 0.6) is 0 Å². The van der Waals surface area contributed by atoms with E-state index in [1.807, 2.05) is 12.1 Å². The van der Waals surface area contributed by atoms with E-state index in [0.717, 1.165) is 5.56 Å². The van der Waals surface area contributed by atoms with Crippen LogP contribution in [0.25, 0.3) is 22.5 Å². The molecule has 0 amide bonds. The highest BCUT2D eigenvalue weighted by Gasteiger charge is 2.18. The summed E-state index contributed by atoms with van der Waals surface area (Å²) in [5.74, 6) is 0.502. The summed E-state index contributed by atoms with van der Waals surface area (Å²) in [4.78, 5) is 0. The first-order valence-electron chi connectivity index (χ1n) is 6.34. The maximum Gasteiger partial charge on any atom is 0.176 e. The Balaban J connectivity index is 2.19. The summed E-state index contributed by atoms with van der Waals surface area (Å²) in [6.07, 6.45) is 0. The second-order valence-corrected chi connectivity index (χ2v) is 5.18. The van der Waals surface area contributed by atoms with Gasteiger partial charge in [0.25, 0.3) is 0 Å². The van der Waals surface area contributed by atoms with Crippen molar-refractivity contribution >= 4 is 17.4 Å². The fraction of sp³-hybridized carbons (Fsp3) is 0.0625. The minimum Gasteiger partial charge on any atom is -0.380 e.